The van der Waals surface area contributed by atoms with Crippen molar-refractivity contribution in [3.63, 3.8) is 0 Å². The van der Waals surface area contributed by atoms with Gasteiger partial charge in [-0.2, -0.15) is 0 Å². The average molecular weight is 249 g/mol. The minimum atomic E-state index is -0.302. The van der Waals surface area contributed by atoms with Gasteiger partial charge >= 0.3 is 0 Å². The number of nitro benzene ring substituents is 1. The predicted octanol–water partition coefficient (Wildman–Crippen LogP) is 2.43. The van der Waals surface area contributed by atoms with Crippen molar-refractivity contribution < 1.29 is 4.92 Å². The molecule has 2 atom stereocenters. The first kappa shape index (κ1) is 13.0. The van der Waals surface area contributed by atoms with Crippen LogP contribution >= 0.6 is 0 Å². The molecule has 18 heavy (non-hydrogen) atoms. The first-order valence-electron chi connectivity index (χ1n) is 6.36. The van der Waals surface area contributed by atoms with Crippen molar-refractivity contribution in [2.75, 3.05) is 6.54 Å². The molecule has 1 aliphatic heterocycles. The molecular weight excluding hydrogens is 230 g/mol. The van der Waals surface area contributed by atoms with Crippen LogP contribution in [0.25, 0.3) is 0 Å². The fourth-order valence-corrected chi connectivity index (χ4v) is 2.71. The minimum absolute atomic E-state index is 0.0698. The fraction of sp³-hybridized carbons (Fsp3) is 0.538. The van der Waals surface area contributed by atoms with Crippen molar-refractivity contribution in [2.45, 2.75) is 38.4 Å². The lowest BCUT2D eigenvalue weighted by Gasteiger charge is -2.38. The molecule has 1 aromatic rings. The van der Waals surface area contributed by atoms with Gasteiger partial charge in [0.1, 0.15) is 0 Å². The standard InChI is InChI=1S/C13H19N3O2/c1-10(14)15-9-5-4-7-12(15)11-6-2-3-8-13(11)16(17)18/h2-3,6,8,10,12H,4-5,7,9,14H2,1H3. The number of hydrogen-bond donors (Lipinski definition) is 1. The highest BCUT2D eigenvalue weighted by Crippen LogP contribution is 2.36. The zero-order chi connectivity index (χ0) is 13.1. The fourth-order valence-electron chi connectivity index (χ4n) is 2.71. The number of likely N-dealkylation sites (tertiary alicyclic amines) is 1. The molecule has 5 nitrogen and oxygen atoms in total. The second-order valence-electron chi connectivity index (χ2n) is 4.81. The molecule has 5 heteroatoms. The van der Waals surface area contributed by atoms with Gasteiger partial charge in [0.15, 0.2) is 0 Å². The summed E-state index contributed by atoms with van der Waals surface area (Å²) in [6.45, 7) is 2.85. The maximum atomic E-state index is 11.1. The molecule has 0 aliphatic carbocycles. The van der Waals surface area contributed by atoms with Crippen LogP contribution in [0.2, 0.25) is 0 Å². The summed E-state index contributed by atoms with van der Waals surface area (Å²) in [6.07, 6.45) is 3.07. The molecule has 2 N–H and O–H groups in total. The first-order chi connectivity index (χ1) is 8.61. The van der Waals surface area contributed by atoms with Crippen LogP contribution in [0, 0.1) is 10.1 Å². The molecule has 0 saturated carbocycles. The van der Waals surface area contributed by atoms with E-state index in [2.05, 4.69) is 4.90 Å². The molecule has 1 saturated heterocycles. The molecule has 98 valence electrons. The monoisotopic (exact) mass is 249 g/mol. The molecule has 1 aromatic carbocycles. The molecule has 0 amide bonds. The molecular formula is C13H19N3O2. The summed E-state index contributed by atoms with van der Waals surface area (Å²) in [4.78, 5) is 13.0. The topological polar surface area (TPSA) is 72.4 Å². The summed E-state index contributed by atoms with van der Waals surface area (Å²) in [7, 11) is 0. The highest BCUT2D eigenvalue weighted by molar-refractivity contribution is 5.42. The second-order valence-corrected chi connectivity index (χ2v) is 4.81. The number of piperidine rings is 1. The van der Waals surface area contributed by atoms with Crippen LogP contribution in [0.5, 0.6) is 0 Å². The number of nitro groups is 1. The average Bonchev–Trinajstić information content (AvgIpc) is 2.38. The van der Waals surface area contributed by atoms with Gasteiger partial charge in [-0.25, -0.2) is 0 Å². The van der Waals surface area contributed by atoms with Crippen LogP contribution in [0.1, 0.15) is 37.8 Å². The van der Waals surface area contributed by atoms with E-state index in [-0.39, 0.29) is 22.8 Å². The van der Waals surface area contributed by atoms with E-state index < -0.39 is 0 Å². The largest absolute Gasteiger partial charge is 0.316 e. The van der Waals surface area contributed by atoms with E-state index in [1.807, 2.05) is 19.1 Å². The molecule has 0 bridgehead atoms. The van der Waals surface area contributed by atoms with Crippen molar-refractivity contribution in [2.24, 2.45) is 5.73 Å². The van der Waals surface area contributed by atoms with E-state index in [1.165, 1.54) is 0 Å². The van der Waals surface area contributed by atoms with Gasteiger partial charge in [0.2, 0.25) is 0 Å². The zero-order valence-corrected chi connectivity index (χ0v) is 10.6. The normalized spacial score (nSPS) is 22.7. The maximum Gasteiger partial charge on any atom is 0.274 e. The van der Waals surface area contributed by atoms with Gasteiger partial charge in [-0.15, -0.1) is 0 Å². The second kappa shape index (κ2) is 5.46. The number of nitrogens with zero attached hydrogens (tertiary/aromatic N) is 2. The Bertz CT molecular complexity index is 434. The number of benzene rings is 1. The summed E-state index contributed by atoms with van der Waals surface area (Å²) in [5, 5.41) is 11.1. The Kier molecular flexibility index (Phi) is 3.93. The minimum Gasteiger partial charge on any atom is -0.316 e. The quantitative estimate of drug-likeness (QED) is 0.659. The molecule has 0 spiro atoms. The molecule has 1 heterocycles. The van der Waals surface area contributed by atoms with Gasteiger partial charge in [-0.3, -0.25) is 15.0 Å². The third kappa shape index (κ3) is 2.52. The van der Waals surface area contributed by atoms with E-state index in [4.69, 9.17) is 5.73 Å². The van der Waals surface area contributed by atoms with Crippen molar-refractivity contribution in [3.8, 4) is 0 Å². The summed E-state index contributed by atoms with van der Waals surface area (Å²) < 4.78 is 0. The van der Waals surface area contributed by atoms with Crippen molar-refractivity contribution in [1.29, 1.82) is 0 Å². The summed E-state index contributed by atoms with van der Waals surface area (Å²) >= 11 is 0. The van der Waals surface area contributed by atoms with Crippen LogP contribution in [-0.2, 0) is 0 Å². The third-order valence-corrected chi connectivity index (χ3v) is 3.56. The van der Waals surface area contributed by atoms with Gasteiger partial charge in [-0.05, 0) is 19.8 Å². The van der Waals surface area contributed by atoms with Gasteiger partial charge in [0.25, 0.3) is 5.69 Å². The summed E-state index contributed by atoms with van der Waals surface area (Å²) in [5.41, 5.74) is 6.97. The molecule has 2 unspecified atom stereocenters. The van der Waals surface area contributed by atoms with E-state index >= 15 is 0 Å². The third-order valence-electron chi connectivity index (χ3n) is 3.56. The summed E-state index contributed by atoms with van der Waals surface area (Å²) in [6, 6.07) is 7.06. The van der Waals surface area contributed by atoms with Crippen LogP contribution in [0.3, 0.4) is 0 Å². The van der Waals surface area contributed by atoms with Crippen LogP contribution < -0.4 is 5.73 Å². The van der Waals surface area contributed by atoms with E-state index in [0.717, 1.165) is 31.4 Å². The van der Waals surface area contributed by atoms with E-state index in [1.54, 1.807) is 12.1 Å². The Balaban J connectivity index is 2.36. The molecule has 1 fully saturated rings. The van der Waals surface area contributed by atoms with Crippen LogP contribution in [-0.4, -0.2) is 22.5 Å². The van der Waals surface area contributed by atoms with Crippen LogP contribution in [0.15, 0.2) is 24.3 Å². The smallest absolute Gasteiger partial charge is 0.274 e. The van der Waals surface area contributed by atoms with E-state index in [0.29, 0.717) is 0 Å². The van der Waals surface area contributed by atoms with Crippen molar-refractivity contribution >= 4 is 5.69 Å². The van der Waals surface area contributed by atoms with Gasteiger partial charge < -0.3 is 5.73 Å². The van der Waals surface area contributed by atoms with Gasteiger partial charge in [0, 0.05) is 24.2 Å². The Morgan fingerprint density at radius 1 is 1.44 bits per heavy atom. The SMILES string of the molecule is CC(N)N1CCCCC1c1ccccc1[N+](=O)[O-]. The molecule has 0 radical (unpaired) electrons. The lowest BCUT2D eigenvalue weighted by molar-refractivity contribution is -0.386. The van der Waals surface area contributed by atoms with Gasteiger partial charge in [0.05, 0.1) is 11.1 Å². The van der Waals surface area contributed by atoms with E-state index in [9.17, 15) is 10.1 Å². The number of nitrogens with two attached hydrogens (primary N) is 1. The molecule has 1 aliphatic rings. The lowest BCUT2D eigenvalue weighted by atomic mass is 9.93. The zero-order valence-electron chi connectivity index (χ0n) is 10.6. The first-order valence-corrected chi connectivity index (χ1v) is 6.36. The Hall–Kier alpha value is -1.46. The molecule has 2 rings (SSSR count). The van der Waals surface area contributed by atoms with Crippen molar-refractivity contribution in [3.05, 3.63) is 39.9 Å². The Morgan fingerprint density at radius 2 is 2.17 bits per heavy atom. The predicted molar refractivity (Wildman–Crippen MR) is 70.0 cm³/mol. The highest BCUT2D eigenvalue weighted by Gasteiger charge is 2.30. The lowest BCUT2D eigenvalue weighted by Crippen LogP contribution is -2.44. The highest BCUT2D eigenvalue weighted by atomic mass is 16.6. The number of hydrogen-bond acceptors (Lipinski definition) is 4. The summed E-state index contributed by atoms with van der Waals surface area (Å²) in [5.74, 6) is 0. The molecule has 0 aromatic heterocycles. The number of para-hydroxylation sites is 1. The van der Waals surface area contributed by atoms with Crippen LogP contribution in [0.4, 0.5) is 5.69 Å². The Morgan fingerprint density at radius 3 is 2.83 bits per heavy atom. The Labute approximate surface area is 107 Å². The van der Waals surface area contributed by atoms with Gasteiger partial charge in [-0.1, -0.05) is 24.6 Å². The maximum absolute atomic E-state index is 11.1. The number of rotatable bonds is 3. The van der Waals surface area contributed by atoms with Crippen molar-refractivity contribution in [1.82, 2.24) is 4.90 Å².